The molecule has 1 N–H and O–H groups in total. The lowest BCUT2D eigenvalue weighted by molar-refractivity contribution is 0.832. The molecule has 1 heterocycles. The maximum absolute atomic E-state index is 4.50. The highest BCUT2D eigenvalue weighted by molar-refractivity contribution is 5.69. The van der Waals surface area contributed by atoms with Crippen molar-refractivity contribution in [2.24, 2.45) is 0 Å². The van der Waals surface area contributed by atoms with Gasteiger partial charge >= 0.3 is 0 Å². The van der Waals surface area contributed by atoms with Crippen LogP contribution in [0.25, 0.3) is 17.0 Å². The highest BCUT2D eigenvalue weighted by atomic mass is 14.9. The molecule has 26 heavy (non-hydrogen) atoms. The summed E-state index contributed by atoms with van der Waals surface area (Å²) in [6.45, 7) is 12.8. The summed E-state index contributed by atoms with van der Waals surface area (Å²) in [6.07, 6.45) is 9.36. The Balaban J connectivity index is 2.23. The standard InChI is InChI=1S/C24H30N2/c1-6-10-20(8-3)23(11-7-2)26-19(5)21-13-15-22(16-14-21)24-18(4)12-9-17-25-24/h7,9,11-17,26H,5-6,8,10H2,1-4H3/b11-7-,23-20-. The Hall–Kier alpha value is -2.61. The van der Waals surface area contributed by atoms with Crippen molar-refractivity contribution in [2.75, 3.05) is 0 Å². The number of nitrogens with one attached hydrogen (secondary N) is 1. The molecule has 0 saturated heterocycles. The second kappa shape index (κ2) is 9.76. The van der Waals surface area contributed by atoms with Gasteiger partial charge in [0.1, 0.15) is 0 Å². The van der Waals surface area contributed by atoms with E-state index in [1.807, 2.05) is 19.2 Å². The Morgan fingerprint density at radius 2 is 1.88 bits per heavy atom. The molecule has 0 bridgehead atoms. The number of aromatic nitrogens is 1. The Kier molecular flexibility index (Phi) is 7.40. The summed E-state index contributed by atoms with van der Waals surface area (Å²) in [6, 6.07) is 12.5. The molecule has 0 fully saturated rings. The molecule has 2 rings (SSSR count). The molecule has 0 aliphatic heterocycles. The Morgan fingerprint density at radius 1 is 1.15 bits per heavy atom. The lowest BCUT2D eigenvalue weighted by atomic mass is 10.0. The van der Waals surface area contributed by atoms with Crippen molar-refractivity contribution in [3.8, 4) is 11.3 Å². The predicted molar refractivity (Wildman–Crippen MR) is 114 cm³/mol. The number of aryl methyl sites for hydroxylation is 1. The van der Waals surface area contributed by atoms with Crippen LogP contribution in [0.15, 0.2) is 72.6 Å². The predicted octanol–water partition coefficient (Wildman–Crippen LogP) is 6.66. The number of hydrogen-bond donors (Lipinski definition) is 1. The van der Waals surface area contributed by atoms with E-state index in [2.05, 4.69) is 80.1 Å². The van der Waals surface area contributed by atoms with E-state index in [1.165, 1.54) is 16.8 Å². The molecular weight excluding hydrogens is 316 g/mol. The SMILES string of the molecule is C=C(NC(/C=C\C)=C(/CC)CCC)c1ccc(-c2ncccc2C)cc1. The van der Waals surface area contributed by atoms with E-state index < -0.39 is 0 Å². The maximum Gasteiger partial charge on any atom is 0.0731 e. The van der Waals surface area contributed by atoms with Crippen molar-refractivity contribution in [3.05, 3.63) is 83.7 Å². The summed E-state index contributed by atoms with van der Waals surface area (Å²) in [5.74, 6) is 0. The van der Waals surface area contributed by atoms with Gasteiger partial charge in [-0.15, -0.1) is 0 Å². The highest BCUT2D eigenvalue weighted by Crippen LogP contribution is 2.23. The fourth-order valence-corrected chi connectivity index (χ4v) is 3.07. The van der Waals surface area contributed by atoms with Crippen molar-refractivity contribution < 1.29 is 0 Å². The van der Waals surface area contributed by atoms with Crippen LogP contribution in [0.2, 0.25) is 0 Å². The first-order valence-corrected chi connectivity index (χ1v) is 9.43. The second-order valence-electron chi connectivity index (χ2n) is 6.47. The average molecular weight is 347 g/mol. The van der Waals surface area contributed by atoms with E-state index in [-0.39, 0.29) is 0 Å². The molecule has 0 amide bonds. The van der Waals surface area contributed by atoms with Crippen molar-refractivity contribution >= 4 is 5.70 Å². The molecule has 2 nitrogen and oxygen atoms in total. The molecule has 2 heteroatoms. The third-order valence-corrected chi connectivity index (χ3v) is 4.49. The summed E-state index contributed by atoms with van der Waals surface area (Å²) in [5, 5.41) is 3.52. The third kappa shape index (κ3) is 4.95. The van der Waals surface area contributed by atoms with E-state index in [0.29, 0.717) is 0 Å². The van der Waals surface area contributed by atoms with Crippen LogP contribution < -0.4 is 5.32 Å². The first-order chi connectivity index (χ1) is 12.6. The molecular formula is C24H30N2. The quantitative estimate of drug-likeness (QED) is 0.541. The summed E-state index contributed by atoms with van der Waals surface area (Å²) in [4.78, 5) is 4.50. The number of rotatable bonds is 8. The Morgan fingerprint density at radius 3 is 2.46 bits per heavy atom. The number of pyridine rings is 1. The van der Waals surface area contributed by atoms with Crippen LogP contribution in [-0.4, -0.2) is 4.98 Å². The zero-order valence-corrected chi connectivity index (χ0v) is 16.5. The number of hydrogen-bond acceptors (Lipinski definition) is 2. The largest absolute Gasteiger partial charge is 0.356 e. The van der Waals surface area contributed by atoms with E-state index >= 15 is 0 Å². The normalized spacial score (nSPS) is 12.2. The molecule has 0 aliphatic carbocycles. The van der Waals surface area contributed by atoms with Gasteiger partial charge in [-0.3, -0.25) is 4.98 Å². The van der Waals surface area contributed by atoms with Gasteiger partial charge in [-0.2, -0.15) is 0 Å². The average Bonchev–Trinajstić information content (AvgIpc) is 2.66. The minimum atomic E-state index is 0.921. The molecule has 1 aromatic carbocycles. The van der Waals surface area contributed by atoms with Gasteiger partial charge < -0.3 is 5.32 Å². The van der Waals surface area contributed by atoms with Crippen LogP contribution in [0.3, 0.4) is 0 Å². The smallest absolute Gasteiger partial charge is 0.0731 e. The molecule has 0 radical (unpaired) electrons. The molecule has 2 aromatic rings. The summed E-state index contributed by atoms with van der Waals surface area (Å²) < 4.78 is 0. The molecule has 1 aromatic heterocycles. The number of allylic oxidation sites excluding steroid dienone is 3. The fourth-order valence-electron chi connectivity index (χ4n) is 3.07. The van der Waals surface area contributed by atoms with E-state index in [4.69, 9.17) is 0 Å². The lowest BCUT2D eigenvalue weighted by Gasteiger charge is -2.16. The monoisotopic (exact) mass is 346 g/mol. The highest BCUT2D eigenvalue weighted by Gasteiger charge is 2.07. The van der Waals surface area contributed by atoms with Gasteiger partial charge in [0.2, 0.25) is 0 Å². The van der Waals surface area contributed by atoms with Crippen LogP contribution in [0.1, 0.15) is 51.2 Å². The first kappa shape index (κ1) is 19.7. The Labute approximate surface area is 158 Å². The molecule has 0 aliphatic rings. The van der Waals surface area contributed by atoms with Gasteiger partial charge in [-0.05, 0) is 55.5 Å². The van der Waals surface area contributed by atoms with Gasteiger partial charge in [0.15, 0.2) is 0 Å². The fraction of sp³-hybridized carbons (Fsp3) is 0.292. The van der Waals surface area contributed by atoms with Crippen molar-refractivity contribution in [1.29, 1.82) is 0 Å². The molecule has 0 atom stereocenters. The van der Waals surface area contributed by atoms with Gasteiger partial charge in [0, 0.05) is 23.2 Å². The topological polar surface area (TPSA) is 24.9 Å². The molecule has 0 unspecified atom stereocenters. The van der Waals surface area contributed by atoms with E-state index in [9.17, 15) is 0 Å². The van der Waals surface area contributed by atoms with Crippen LogP contribution in [0.4, 0.5) is 0 Å². The molecule has 0 saturated carbocycles. The number of nitrogens with zero attached hydrogens (tertiary/aromatic N) is 1. The van der Waals surface area contributed by atoms with E-state index in [0.717, 1.165) is 41.8 Å². The lowest BCUT2D eigenvalue weighted by Crippen LogP contribution is -2.12. The zero-order valence-electron chi connectivity index (χ0n) is 16.5. The van der Waals surface area contributed by atoms with E-state index in [1.54, 1.807) is 0 Å². The summed E-state index contributed by atoms with van der Waals surface area (Å²) in [7, 11) is 0. The van der Waals surface area contributed by atoms with Crippen LogP contribution >= 0.6 is 0 Å². The summed E-state index contributed by atoms with van der Waals surface area (Å²) >= 11 is 0. The van der Waals surface area contributed by atoms with Crippen molar-refractivity contribution in [2.45, 2.75) is 47.0 Å². The van der Waals surface area contributed by atoms with Gasteiger partial charge in [-0.1, -0.05) is 63.3 Å². The molecule has 136 valence electrons. The minimum Gasteiger partial charge on any atom is -0.356 e. The van der Waals surface area contributed by atoms with Crippen LogP contribution in [-0.2, 0) is 0 Å². The Bertz CT molecular complexity index is 795. The van der Waals surface area contributed by atoms with Crippen molar-refractivity contribution in [3.63, 3.8) is 0 Å². The number of benzene rings is 1. The third-order valence-electron chi connectivity index (χ3n) is 4.49. The van der Waals surface area contributed by atoms with Crippen LogP contribution in [0, 0.1) is 6.92 Å². The van der Waals surface area contributed by atoms with Gasteiger partial charge in [0.25, 0.3) is 0 Å². The van der Waals surface area contributed by atoms with Crippen LogP contribution in [0.5, 0.6) is 0 Å². The maximum atomic E-state index is 4.50. The van der Waals surface area contributed by atoms with Gasteiger partial charge in [0.05, 0.1) is 5.69 Å². The molecule has 0 spiro atoms. The minimum absolute atomic E-state index is 0.921. The summed E-state index contributed by atoms with van der Waals surface area (Å²) in [5.41, 5.74) is 7.97. The van der Waals surface area contributed by atoms with Crippen molar-refractivity contribution in [1.82, 2.24) is 10.3 Å². The van der Waals surface area contributed by atoms with Gasteiger partial charge in [-0.25, -0.2) is 0 Å². The first-order valence-electron chi connectivity index (χ1n) is 9.43. The second-order valence-corrected chi connectivity index (χ2v) is 6.47. The zero-order chi connectivity index (χ0) is 18.9.